The highest BCUT2D eigenvalue weighted by molar-refractivity contribution is 7.99. The van der Waals surface area contributed by atoms with Gasteiger partial charge in [-0.25, -0.2) is 14.4 Å². The average molecular weight is 304 g/mol. The van der Waals surface area contributed by atoms with Crippen molar-refractivity contribution in [1.29, 1.82) is 0 Å². The van der Waals surface area contributed by atoms with Crippen molar-refractivity contribution in [3.8, 4) is 0 Å². The molecule has 0 aliphatic rings. The topological polar surface area (TPSA) is 42.9 Å². The van der Waals surface area contributed by atoms with Gasteiger partial charge in [-0.1, -0.05) is 23.9 Å². The van der Waals surface area contributed by atoms with Gasteiger partial charge >= 0.3 is 0 Å². The van der Waals surface area contributed by atoms with Crippen molar-refractivity contribution in [2.45, 2.75) is 32.3 Å². The Kier molecular flexibility index (Phi) is 5.07. The second kappa shape index (κ2) is 6.80. The molecule has 21 heavy (non-hydrogen) atoms. The molecule has 0 saturated heterocycles. The number of aryl methyl sites for hydroxylation is 2. The fourth-order valence-electron chi connectivity index (χ4n) is 1.83. The summed E-state index contributed by atoms with van der Waals surface area (Å²) in [6.07, 6.45) is 0.303. The summed E-state index contributed by atoms with van der Waals surface area (Å²) < 4.78 is 12.8. The third kappa shape index (κ3) is 4.36. The molecule has 0 unspecified atom stereocenters. The number of nitrogens with zero attached hydrogens (tertiary/aromatic N) is 2. The van der Waals surface area contributed by atoms with E-state index in [2.05, 4.69) is 9.97 Å². The summed E-state index contributed by atoms with van der Waals surface area (Å²) in [7, 11) is 0. The normalized spacial score (nSPS) is 10.7. The minimum atomic E-state index is -0.292. The number of benzene rings is 1. The van der Waals surface area contributed by atoms with Gasteiger partial charge in [0, 0.05) is 17.8 Å². The summed E-state index contributed by atoms with van der Waals surface area (Å²) in [5.74, 6) is 0.102. The van der Waals surface area contributed by atoms with E-state index in [-0.39, 0.29) is 11.6 Å². The zero-order chi connectivity index (χ0) is 15.4. The molecule has 2 rings (SSSR count). The van der Waals surface area contributed by atoms with Gasteiger partial charge in [0.1, 0.15) is 11.6 Å². The van der Waals surface area contributed by atoms with Crippen molar-refractivity contribution in [3.05, 3.63) is 52.6 Å². The van der Waals surface area contributed by atoms with Crippen LogP contribution in [-0.4, -0.2) is 21.5 Å². The van der Waals surface area contributed by atoms with E-state index in [1.165, 1.54) is 23.9 Å². The number of halogens is 1. The molecule has 0 atom stereocenters. The number of hydrogen-bond acceptors (Lipinski definition) is 4. The smallest absolute Gasteiger partial charge is 0.188 e. The zero-order valence-corrected chi connectivity index (χ0v) is 13.1. The van der Waals surface area contributed by atoms with E-state index in [1.807, 2.05) is 20.8 Å². The molecule has 110 valence electrons. The number of carbonyl (C=O) groups is 1. The van der Waals surface area contributed by atoms with Crippen molar-refractivity contribution < 1.29 is 9.18 Å². The van der Waals surface area contributed by atoms with Crippen molar-refractivity contribution in [3.63, 3.8) is 0 Å². The van der Waals surface area contributed by atoms with Crippen molar-refractivity contribution in [1.82, 2.24) is 9.97 Å². The molecule has 0 aliphatic heterocycles. The Morgan fingerprint density at radius 2 is 1.67 bits per heavy atom. The van der Waals surface area contributed by atoms with Crippen LogP contribution in [-0.2, 0) is 11.2 Å². The number of carbonyl (C=O) groups excluding carboxylic acids is 1. The predicted octanol–water partition coefficient (Wildman–Crippen LogP) is 3.44. The molecule has 0 fully saturated rings. The number of ketones is 1. The standard InChI is InChI=1S/C16H17FN2OS/c1-10-11(2)18-16(19-12(10)3)21-9-15(20)8-13-4-6-14(17)7-5-13/h4-7H,8-9H2,1-3H3. The molecule has 0 spiro atoms. The summed E-state index contributed by atoms with van der Waals surface area (Å²) in [6.45, 7) is 5.86. The molecule has 0 N–H and O–H groups in total. The van der Waals surface area contributed by atoms with Crippen molar-refractivity contribution in [2.24, 2.45) is 0 Å². The molecule has 2 aromatic rings. The molecular formula is C16H17FN2OS. The second-order valence-electron chi connectivity index (χ2n) is 4.93. The van der Waals surface area contributed by atoms with Crippen LogP contribution in [0.3, 0.4) is 0 Å². The van der Waals surface area contributed by atoms with Gasteiger partial charge < -0.3 is 0 Å². The van der Waals surface area contributed by atoms with Gasteiger partial charge in [-0.05, 0) is 44.0 Å². The van der Waals surface area contributed by atoms with Crippen LogP contribution in [0.1, 0.15) is 22.5 Å². The van der Waals surface area contributed by atoms with Crippen molar-refractivity contribution >= 4 is 17.5 Å². The lowest BCUT2D eigenvalue weighted by Crippen LogP contribution is -2.07. The maximum Gasteiger partial charge on any atom is 0.188 e. The summed E-state index contributed by atoms with van der Waals surface area (Å²) >= 11 is 1.34. The molecule has 1 aromatic carbocycles. The Balaban J connectivity index is 1.93. The van der Waals surface area contributed by atoms with E-state index in [4.69, 9.17) is 0 Å². The summed E-state index contributed by atoms with van der Waals surface area (Å²) in [4.78, 5) is 20.7. The highest BCUT2D eigenvalue weighted by atomic mass is 32.2. The average Bonchev–Trinajstić information content (AvgIpc) is 2.45. The number of rotatable bonds is 5. The Morgan fingerprint density at radius 1 is 1.10 bits per heavy atom. The molecule has 0 radical (unpaired) electrons. The van der Waals surface area contributed by atoms with E-state index in [0.717, 1.165) is 22.5 Å². The van der Waals surface area contributed by atoms with Crippen molar-refractivity contribution in [2.75, 3.05) is 5.75 Å². The maximum atomic E-state index is 12.8. The summed E-state index contributed by atoms with van der Waals surface area (Å²) in [6, 6.07) is 6.00. The Labute approximate surface area is 128 Å². The van der Waals surface area contributed by atoms with Crippen LogP contribution in [0.25, 0.3) is 0 Å². The third-order valence-electron chi connectivity index (χ3n) is 3.29. The number of hydrogen-bond donors (Lipinski definition) is 0. The lowest BCUT2D eigenvalue weighted by molar-refractivity contribution is -0.116. The van der Waals surface area contributed by atoms with Gasteiger partial charge in [0.15, 0.2) is 5.16 Å². The third-order valence-corrected chi connectivity index (χ3v) is 4.20. The van der Waals surface area contributed by atoms with Crippen LogP contribution in [0, 0.1) is 26.6 Å². The number of aromatic nitrogens is 2. The Hall–Kier alpha value is -1.75. The molecule has 5 heteroatoms. The first-order valence-corrected chi connectivity index (χ1v) is 7.65. The van der Waals surface area contributed by atoms with Crippen LogP contribution in [0.4, 0.5) is 4.39 Å². The molecule has 1 aromatic heterocycles. The molecule has 0 saturated carbocycles. The van der Waals surface area contributed by atoms with Crippen LogP contribution >= 0.6 is 11.8 Å². The summed E-state index contributed by atoms with van der Waals surface area (Å²) in [5, 5.41) is 0.628. The molecule has 0 bridgehead atoms. The van der Waals surface area contributed by atoms with Gasteiger partial charge in [0.2, 0.25) is 0 Å². The van der Waals surface area contributed by atoms with Crippen LogP contribution in [0.15, 0.2) is 29.4 Å². The van der Waals surface area contributed by atoms with Gasteiger partial charge in [-0.2, -0.15) is 0 Å². The van der Waals surface area contributed by atoms with Crippen LogP contribution in [0.5, 0.6) is 0 Å². The van der Waals surface area contributed by atoms with Gasteiger partial charge in [0.25, 0.3) is 0 Å². The molecule has 1 heterocycles. The minimum Gasteiger partial charge on any atom is -0.298 e. The van der Waals surface area contributed by atoms with E-state index in [1.54, 1.807) is 12.1 Å². The molecule has 0 amide bonds. The molecule has 3 nitrogen and oxygen atoms in total. The summed E-state index contributed by atoms with van der Waals surface area (Å²) in [5.41, 5.74) is 3.78. The van der Waals surface area contributed by atoms with E-state index in [0.29, 0.717) is 17.3 Å². The van der Waals surface area contributed by atoms with Gasteiger partial charge in [0.05, 0.1) is 5.75 Å². The lowest BCUT2D eigenvalue weighted by Gasteiger charge is -2.06. The van der Waals surface area contributed by atoms with Gasteiger partial charge in [-0.15, -0.1) is 0 Å². The van der Waals surface area contributed by atoms with E-state index < -0.39 is 0 Å². The van der Waals surface area contributed by atoms with E-state index in [9.17, 15) is 9.18 Å². The maximum absolute atomic E-state index is 12.8. The Morgan fingerprint density at radius 3 is 2.24 bits per heavy atom. The SMILES string of the molecule is Cc1nc(SCC(=O)Cc2ccc(F)cc2)nc(C)c1C. The fraction of sp³-hybridized carbons (Fsp3) is 0.312. The molecular weight excluding hydrogens is 287 g/mol. The first-order valence-electron chi connectivity index (χ1n) is 6.66. The largest absolute Gasteiger partial charge is 0.298 e. The van der Waals surface area contributed by atoms with Crippen LogP contribution < -0.4 is 0 Å². The first-order chi connectivity index (χ1) is 9.95. The first kappa shape index (κ1) is 15.6. The lowest BCUT2D eigenvalue weighted by atomic mass is 10.1. The highest BCUT2D eigenvalue weighted by Gasteiger charge is 2.09. The quantitative estimate of drug-likeness (QED) is 0.627. The fourth-order valence-corrected chi connectivity index (χ4v) is 2.63. The number of thioether (sulfide) groups is 1. The Bertz CT molecular complexity index is 633. The zero-order valence-electron chi connectivity index (χ0n) is 12.3. The van der Waals surface area contributed by atoms with Crippen LogP contribution in [0.2, 0.25) is 0 Å². The molecule has 0 aliphatic carbocycles. The highest BCUT2D eigenvalue weighted by Crippen LogP contribution is 2.17. The van der Waals surface area contributed by atoms with E-state index >= 15 is 0 Å². The second-order valence-corrected chi connectivity index (χ2v) is 5.88. The monoisotopic (exact) mass is 304 g/mol. The number of Topliss-reactive ketones (excluding diaryl/α,β-unsaturated/α-hetero) is 1. The van der Waals surface area contributed by atoms with Gasteiger partial charge in [-0.3, -0.25) is 4.79 Å². The predicted molar refractivity (Wildman–Crippen MR) is 82.1 cm³/mol. The minimum absolute atomic E-state index is 0.0751.